The predicted octanol–water partition coefficient (Wildman–Crippen LogP) is 1.82. The number of piperidine rings is 1. The van der Waals surface area contributed by atoms with E-state index in [4.69, 9.17) is 0 Å². The summed E-state index contributed by atoms with van der Waals surface area (Å²) in [6, 6.07) is -0.433. The van der Waals surface area contributed by atoms with Crippen LogP contribution in [0.1, 0.15) is 37.8 Å². The molecule has 1 spiro atoms. The summed E-state index contributed by atoms with van der Waals surface area (Å²) in [4.78, 5) is 32.3. The maximum atomic E-state index is 12.2. The highest BCUT2D eigenvalue weighted by atomic mass is 32.1. The van der Waals surface area contributed by atoms with Crippen LogP contribution in [0.4, 0.5) is 0 Å². The third-order valence-corrected chi connectivity index (χ3v) is 6.44. The second kappa shape index (κ2) is 6.11. The standard InChI is InChI=1S/C17H23N3O3S/c21-15(12-1-2-12)19-5-3-17(4-6-19)7-14(16(22)23)20(10-17)8-13-9-24-11-18-13/h9,11-12,14H,1-8,10H2,(H,22,23). The molecule has 3 aliphatic rings. The second-order valence-electron chi connectivity index (χ2n) is 7.54. The van der Waals surface area contributed by atoms with E-state index in [0.717, 1.165) is 51.0 Å². The van der Waals surface area contributed by atoms with E-state index < -0.39 is 12.0 Å². The quantitative estimate of drug-likeness (QED) is 0.898. The Kier molecular flexibility index (Phi) is 4.08. The van der Waals surface area contributed by atoms with Gasteiger partial charge < -0.3 is 10.0 Å². The number of likely N-dealkylation sites (tertiary alicyclic amines) is 2. The summed E-state index contributed by atoms with van der Waals surface area (Å²) in [5.74, 6) is -0.147. The van der Waals surface area contributed by atoms with E-state index in [0.29, 0.717) is 18.9 Å². The Morgan fingerprint density at radius 2 is 2.08 bits per heavy atom. The lowest BCUT2D eigenvalue weighted by molar-refractivity contribution is -0.142. The molecule has 1 saturated carbocycles. The van der Waals surface area contributed by atoms with Crippen LogP contribution in [0, 0.1) is 11.3 Å². The first-order chi connectivity index (χ1) is 11.6. The average molecular weight is 349 g/mol. The number of thiazole rings is 1. The van der Waals surface area contributed by atoms with Crippen LogP contribution in [0.2, 0.25) is 0 Å². The number of carbonyl (C=O) groups excluding carboxylic acids is 1. The van der Waals surface area contributed by atoms with Crippen molar-refractivity contribution in [2.75, 3.05) is 19.6 Å². The van der Waals surface area contributed by atoms with Crippen molar-refractivity contribution in [3.05, 3.63) is 16.6 Å². The SMILES string of the molecule is O=C(O)C1CC2(CCN(C(=O)C3CC3)CC2)CN1Cc1cscn1. The smallest absolute Gasteiger partial charge is 0.320 e. The van der Waals surface area contributed by atoms with Crippen molar-refractivity contribution in [2.45, 2.75) is 44.7 Å². The molecule has 24 heavy (non-hydrogen) atoms. The average Bonchev–Trinajstić information content (AvgIpc) is 3.19. The molecule has 1 atom stereocenters. The molecule has 1 aliphatic carbocycles. The van der Waals surface area contributed by atoms with Crippen LogP contribution in [0.25, 0.3) is 0 Å². The highest BCUT2D eigenvalue weighted by molar-refractivity contribution is 7.07. The predicted molar refractivity (Wildman–Crippen MR) is 89.5 cm³/mol. The van der Waals surface area contributed by atoms with E-state index in [1.807, 2.05) is 10.3 Å². The lowest BCUT2D eigenvalue weighted by atomic mass is 9.76. The summed E-state index contributed by atoms with van der Waals surface area (Å²) >= 11 is 1.54. The topological polar surface area (TPSA) is 73.7 Å². The zero-order chi connectivity index (χ0) is 16.7. The Morgan fingerprint density at radius 1 is 1.33 bits per heavy atom. The van der Waals surface area contributed by atoms with E-state index in [-0.39, 0.29) is 11.3 Å². The fraction of sp³-hybridized carbons (Fsp3) is 0.706. The van der Waals surface area contributed by atoms with Crippen LogP contribution < -0.4 is 0 Å². The second-order valence-corrected chi connectivity index (χ2v) is 8.26. The van der Waals surface area contributed by atoms with Crippen LogP contribution in [0.3, 0.4) is 0 Å². The third kappa shape index (κ3) is 3.07. The minimum Gasteiger partial charge on any atom is -0.480 e. The van der Waals surface area contributed by atoms with Gasteiger partial charge in [-0.15, -0.1) is 11.3 Å². The number of carbonyl (C=O) groups is 2. The number of amides is 1. The molecule has 2 saturated heterocycles. The normalized spacial score (nSPS) is 26.8. The van der Waals surface area contributed by atoms with Crippen LogP contribution >= 0.6 is 11.3 Å². The molecule has 130 valence electrons. The van der Waals surface area contributed by atoms with Crippen molar-refractivity contribution in [3.63, 3.8) is 0 Å². The summed E-state index contributed by atoms with van der Waals surface area (Å²) in [7, 11) is 0. The maximum absolute atomic E-state index is 12.2. The molecule has 1 amide bonds. The van der Waals surface area contributed by atoms with Gasteiger partial charge in [0.1, 0.15) is 6.04 Å². The molecule has 3 fully saturated rings. The van der Waals surface area contributed by atoms with Crippen molar-refractivity contribution >= 4 is 23.2 Å². The van der Waals surface area contributed by atoms with Gasteiger partial charge in [-0.3, -0.25) is 14.5 Å². The lowest BCUT2D eigenvalue weighted by Gasteiger charge is -2.39. The number of aromatic nitrogens is 1. The Morgan fingerprint density at radius 3 is 2.67 bits per heavy atom. The number of rotatable bonds is 4. The number of hydrogen-bond donors (Lipinski definition) is 1. The van der Waals surface area contributed by atoms with Crippen molar-refractivity contribution in [2.24, 2.45) is 11.3 Å². The van der Waals surface area contributed by atoms with Gasteiger partial charge in [0.25, 0.3) is 0 Å². The number of hydrogen-bond acceptors (Lipinski definition) is 5. The highest BCUT2D eigenvalue weighted by Crippen LogP contribution is 2.44. The molecule has 0 aromatic carbocycles. The van der Waals surface area contributed by atoms with E-state index >= 15 is 0 Å². The Bertz CT molecular complexity index is 621. The molecule has 1 N–H and O–H groups in total. The molecule has 2 aliphatic heterocycles. The number of carboxylic acids is 1. The summed E-state index contributed by atoms with van der Waals surface area (Å²) in [5.41, 5.74) is 2.78. The molecule has 1 unspecified atom stereocenters. The van der Waals surface area contributed by atoms with E-state index in [1.54, 1.807) is 16.8 Å². The zero-order valence-corrected chi connectivity index (χ0v) is 14.5. The number of aliphatic carboxylic acids is 1. The van der Waals surface area contributed by atoms with Crippen molar-refractivity contribution in [1.29, 1.82) is 0 Å². The zero-order valence-electron chi connectivity index (χ0n) is 13.7. The van der Waals surface area contributed by atoms with Crippen molar-refractivity contribution in [3.8, 4) is 0 Å². The lowest BCUT2D eigenvalue weighted by Crippen LogP contribution is -2.44. The summed E-state index contributed by atoms with van der Waals surface area (Å²) < 4.78 is 0. The van der Waals surface area contributed by atoms with E-state index in [9.17, 15) is 14.7 Å². The molecular formula is C17H23N3O3S. The summed E-state index contributed by atoms with van der Waals surface area (Å²) in [5, 5.41) is 11.6. The van der Waals surface area contributed by atoms with Gasteiger partial charge in [-0.05, 0) is 37.5 Å². The Hall–Kier alpha value is -1.47. The molecule has 7 heteroatoms. The van der Waals surface area contributed by atoms with Gasteiger partial charge in [-0.25, -0.2) is 4.98 Å². The molecule has 1 aromatic rings. The third-order valence-electron chi connectivity index (χ3n) is 5.80. The number of nitrogens with zero attached hydrogens (tertiary/aromatic N) is 3. The van der Waals surface area contributed by atoms with Gasteiger partial charge in [0, 0.05) is 37.5 Å². The van der Waals surface area contributed by atoms with Crippen molar-refractivity contribution < 1.29 is 14.7 Å². The van der Waals surface area contributed by atoms with E-state index in [2.05, 4.69) is 9.88 Å². The van der Waals surface area contributed by atoms with Crippen LogP contribution in [-0.4, -0.2) is 57.4 Å². The Labute approximate surface area is 145 Å². The maximum Gasteiger partial charge on any atom is 0.320 e. The first-order valence-corrected chi connectivity index (χ1v) is 9.63. The van der Waals surface area contributed by atoms with E-state index in [1.165, 1.54) is 0 Å². The molecule has 4 rings (SSSR count). The highest BCUT2D eigenvalue weighted by Gasteiger charge is 2.49. The monoisotopic (exact) mass is 349 g/mol. The Balaban J connectivity index is 1.42. The summed E-state index contributed by atoms with van der Waals surface area (Å²) in [6.07, 6.45) is 4.62. The molecule has 1 aromatic heterocycles. The van der Waals surface area contributed by atoms with Crippen LogP contribution in [0.5, 0.6) is 0 Å². The minimum absolute atomic E-state index is 0.0411. The largest absolute Gasteiger partial charge is 0.480 e. The number of carboxylic acid groups (broad SMARTS) is 1. The fourth-order valence-corrected chi connectivity index (χ4v) is 4.78. The summed E-state index contributed by atoms with van der Waals surface area (Å²) in [6.45, 7) is 2.97. The van der Waals surface area contributed by atoms with Gasteiger partial charge in [0.15, 0.2) is 0 Å². The molecular weight excluding hydrogens is 326 g/mol. The molecule has 6 nitrogen and oxygen atoms in total. The first-order valence-electron chi connectivity index (χ1n) is 8.69. The molecule has 0 bridgehead atoms. The van der Waals surface area contributed by atoms with Gasteiger partial charge in [0.2, 0.25) is 5.91 Å². The van der Waals surface area contributed by atoms with Crippen LogP contribution in [0.15, 0.2) is 10.9 Å². The van der Waals surface area contributed by atoms with Gasteiger partial charge in [-0.1, -0.05) is 0 Å². The van der Waals surface area contributed by atoms with Gasteiger partial charge in [-0.2, -0.15) is 0 Å². The van der Waals surface area contributed by atoms with Gasteiger partial charge >= 0.3 is 5.97 Å². The van der Waals surface area contributed by atoms with Crippen LogP contribution in [-0.2, 0) is 16.1 Å². The minimum atomic E-state index is -0.737. The fourth-order valence-electron chi connectivity index (χ4n) is 4.23. The van der Waals surface area contributed by atoms with Gasteiger partial charge in [0.05, 0.1) is 11.2 Å². The first kappa shape index (κ1) is 16.0. The molecule has 0 radical (unpaired) electrons. The molecule has 3 heterocycles. The van der Waals surface area contributed by atoms with Crippen molar-refractivity contribution in [1.82, 2.24) is 14.8 Å².